The van der Waals surface area contributed by atoms with Gasteiger partial charge in [0.25, 0.3) is 0 Å². The Hall–Kier alpha value is -0.203. The Morgan fingerprint density at radius 2 is 1.47 bits per heavy atom. The standard InChI is InChI=1S/C27H52O4Si/c1-7-8-9-10-11-12-13-14-15-16-17-25(31-32(5,6)27(2,3)4)24-19-18-22(29-24)23-20-21-26(28)30-23/h7,22-26,28H,1,8-21H2,2-6H3/t22-,23-,24+,25+,26?/m0/s1. The number of unbranched alkanes of at least 4 members (excludes halogenated alkanes) is 8. The molecule has 5 heteroatoms. The molecule has 0 radical (unpaired) electrons. The van der Waals surface area contributed by atoms with Gasteiger partial charge in [0.2, 0.25) is 0 Å². The summed E-state index contributed by atoms with van der Waals surface area (Å²) in [4.78, 5) is 0. The van der Waals surface area contributed by atoms with E-state index in [1.54, 1.807) is 0 Å². The van der Waals surface area contributed by atoms with Crippen LogP contribution in [0.5, 0.6) is 0 Å². The summed E-state index contributed by atoms with van der Waals surface area (Å²) in [7, 11) is -1.86. The Kier molecular flexibility index (Phi) is 11.9. The zero-order chi connectivity index (χ0) is 23.6. The van der Waals surface area contributed by atoms with Crippen LogP contribution in [0.15, 0.2) is 12.7 Å². The van der Waals surface area contributed by atoms with E-state index in [0.717, 1.165) is 38.5 Å². The number of rotatable bonds is 15. The largest absolute Gasteiger partial charge is 0.411 e. The van der Waals surface area contributed by atoms with Gasteiger partial charge in [0.15, 0.2) is 14.6 Å². The van der Waals surface area contributed by atoms with E-state index in [1.165, 1.54) is 51.4 Å². The molecule has 188 valence electrons. The molecule has 0 spiro atoms. The molecule has 0 aromatic heterocycles. The Labute approximate surface area is 199 Å². The van der Waals surface area contributed by atoms with E-state index in [1.807, 2.05) is 6.08 Å². The van der Waals surface area contributed by atoms with Gasteiger partial charge < -0.3 is 19.0 Å². The Balaban J connectivity index is 1.78. The predicted octanol–water partition coefficient (Wildman–Crippen LogP) is 7.51. The van der Waals surface area contributed by atoms with E-state index in [0.29, 0.717) is 0 Å². The summed E-state index contributed by atoms with van der Waals surface area (Å²) in [5.41, 5.74) is 0. The average Bonchev–Trinajstić information content (AvgIpc) is 3.36. The maximum absolute atomic E-state index is 9.74. The summed E-state index contributed by atoms with van der Waals surface area (Å²) < 4.78 is 19.1. The fraction of sp³-hybridized carbons (Fsp3) is 0.926. The second kappa shape index (κ2) is 13.6. The second-order valence-electron chi connectivity index (χ2n) is 11.6. The van der Waals surface area contributed by atoms with E-state index >= 15 is 0 Å². The molecule has 32 heavy (non-hydrogen) atoms. The van der Waals surface area contributed by atoms with Crippen LogP contribution < -0.4 is 0 Å². The summed E-state index contributed by atoms with van der Waals surface area (Å²) in [5.74, 6) is 0. The smallest absolute Gasteiger partial charge is 0.192 e. The van der Waals surface area contributed by atoms with Gasteiger partial charge in [0.1, 0.15) is 0 Å². The molecule has 5 atom stereocenters. The molecule has 1 N–H and O–H groups in total. The third-order valence-electron chi connectivity index (χ3n) is 7.84. The number of allylic oxidation sites excluding steroid dienone is 1. The predicted molar refractivity (Wildman–Crippen MR) is 136 cm³/mol. The zero-order valence-electron chi connectivity index (χ0n) is 21.7. The van der Waals surface area contributed by atoms with Gasteiger partial charge in [-0.25, -0.2) is 0 Å². The molecule has 2 fully saturated rings. The first-order valence-electron chi connectivity index (χ1n) is 13.4. The zero-order valence-corrected chi connectivity index (χ0v) is 22.7. The quantitative estimate of drug-likeness (QED) is 0.153. The molecule has 0 aromatic carbocycles. The van der Waals surface area contributed by atoms with Crippen molar-refractivity contribution in [2.45, 2.75) is 160 Å². The van der Waals surface area contributed by atoms with E-state index < -0.39 is 14.6 Å². The van der Waals surface area contributed by atoms with Gasteiger partial charge in [-0.05, 0) is 56.7 Å². The Bertz CT molecular complexity index is 530. The van der Waals surface area contributed by atoms with Crippen molar-refractivity contribution in [1.29, 1.82) is 0 Å². The molecule has 4 nitrogen and oxygen atoms in total. The topological polar surface area (TPSA) is 47.9 Å². The lowest BCUT2D eigenvalue weighted by molar-refractivity contribution is -0.138. The first kappa shape index (κ1) is 28.0. The highest BCUT2D eigenvalue weighted by molar-refractivity contribution is 6.74. The highest BCUT2D eigenvalue weighted by atomic mass is 28.4. The van der Waals surface area contributed by atoms with Crippen LogP contribution in [-0.2, 0) is 13.9 Å². The third kappa shape index (κ3) is 9.21. The van der Waals surface area contributed by atoms with Crippen LogP contribution in [0.1, 0.15) is 111 Å². The minimum absolute atomic E-state index is 0.0509. The van der Waals surface area contributed by atoms with Gasteiger partial charge in [-0.2, -0.15) is 0 Å². The van der Waals surface area contributed by atoms with Crippen molar-refractivity contribution >= 4 is 8.32 Å². The van der Waals surface area contributed by atoms with Gasteiger partial charge in [-0.1, -0.05) is 71.8 Å². The van der Waals surface area contributed by atoms with Crippen molar-refractivity contribution < 1.29 is 19.0 Å². The Morgan fingerprint density at radius 1 is 0.906 bits per heavy atom. The highest BCUT2D eigenvalue weighted by Crippen LogP contribution is 2.40. The van der Waals surface area contributed by atoms with Crippen molar-refractivity contribution in [2.75, 3.05) is 0 Å². The third-order valence-corrected chi connectivity index (χ3v) is 12.3. The van der Waals surface area contributed by atoms with Crippen LogP contribution in [0.25, 0.3) is 0 Å². The number of aliphatic hydroxyl groups is 1. The number of aliphatic hydroxyl groups excluding tert-OH is 1. The van der Waals surface area contributed by atoms with Crippen LogP contribution in [0, 0.1) is 0 Å². The lowest BCUT2D eigenvalue weighted by atomic mass is 10.0. The summed E-state index contributed by atoms with van der Waals surface area (Å²) in [6.45, 7) is 15.5. The minimum Gasteiger partial charge on any atom is -0.411 e. The lowest BCUT2D eigenvalue weighted by Gasteiger charge is -2.41. The highest BCUT2D eigenvalue weighted by Gasteiger charge is 2.44. The summed E-state index contributed by atoms with van der Waals surface area (Å²) in [6.07, 6.45) is 18.4. The molecular weight excluding hydrogens is 416 g/mol. The van der Waals surface area contributed by atoms with Gasteiger partial charge in [-0.15, -0.1) is 6.58 Å². The first-order chi connectivity index (χ1) is 15.1. The van der Waals surface area contributed by atoms with Gasteiger partial charge in [0, 0.05) is 6.42 Å². The molecule has 0 aromatic rings. The van der Waals surface area contributed by atoms with Crippen LogP contribution in [0.2, 0.25) is 18.1 Å². The number of ether oxygens (including phenoxy) is 2. The minimum atomic E-state index is -1.86. The molecule has 2 aliphatic heterocycles. The molecule has 2 saturated heterocycles. The van der Waals surface area contributed by atoms with E-state index in [2.05, 4.69) is 40.4 Å². The summed E-state index contributed by atoms with van der Waals surface area (Å²) in [6, 6.07) is 0. The fourth-order valence-corrected chi connectivity index (χ4v) is 6.11. The molecule has 2 aliphatic rings. The molecule has 1 unspecified atom stereocenters. The molecule has 0 bridgehead atoms. The van der Waals surface area contributed by atoms with Gasteiger partial charge in [-0.3, -0.25) is 0 Å². The van der Waals surface area contributed by atoms with Gasteiger partial charge >= 0.3 is 0 Å². The summed E-state index contributed by atoms with van der Waals surface area (Å²) in [5, 5.41) is 9.94. The molecule has 2 rings (SSSR count). The SMILES string of the molecule is C=CCCCCCCCCCC[C@@H](O[Si](C)(C)C(C)(C)C)[C@H]1CC[C@@H]([C@@H]2CCC(O)O2)O1. The normalized spacial score (nSPS) is 27.7. The van der Waals surface area contributed by atoms with Crippen molar-refractivity contribution in [3.05, 3.63) is 12.7 Å². The summed E-state index contributed by atoms with van der Waals surface area (Å²) >= 11 is 0. The Morgan fingerprint density at radius 3 is 2.03 bits per heavy atom. The van der Waals surface area contributed by atoms with Crippen molar-refractivity contribution in [3.63, 3.8) is 0 Å². The molecule has 0 saturated carbocycles. The van der Waals surface area contributed by atoms with Crippen LogP contribution in [0.3, 0.4) is 0 Å². The van der Waals surface area contributed by atoms with Crippen molar-refractivity contribution in [2.24, 2.45) is 0 Å². The van der Waals surface area contributed by atoms with Crippen LogP contribution >= 0.6 is 0 Å². The number of hydrogen-bond acceptors (Lipinski definition) is 4. The monoisotopic (exact) mass is 468 g/mol. The first-order valence-corrected chi connectivity index (χ1v) is 16.3. The lowest BCUT2D eigenvalue weighted by Crippen LogP contribution is -2.47. The average molecular weight is 469 g/mol. The maximum Gasteiger partial charge on any atom is 0.192 e. The molecular formula is C27H52O4Si. The van der Waals surface area contributed by atoms with Crippen molar-refractivity contribution in [1.82, 2.24) is 0 Å². The van der Waals surface area contributed by atoms with Crippen LogP contribution in [-0.4, -0.2) is 44.1 Å². The molecule has 2 heterocycles. The van der Waals surface area contributed by atoms with E-state index in [-0.39, 0.29) is 29.5 Å². The van der Waals surface area contributed by atoms with E-state index in [4.69, 9.17) is 13.9 Å². The maximum atomic E-state index is 9.74. The van der Waals surface area contributed by atoms with E-state index in [9.17, 15) is 5.11 Å². The van der Waals surface area contributed by atoms with Crippen LogP contribution in [0.4, 0.5) is 0 Å². The number of hydrogen-bond donors (Lipinski definition) is 1. The molecule has 0 aliphatic carbocycles. The second-order valence-corrected chi connectivity index (χ2v) is 16.4. The fourth-order valence-electron chi connectivity index (χ4n) is 4.73. The molecule has 0 amide bonds. The van der Waals surface area contributed by atoms with Gasteiger partial charge in [0.05, 0.1) is 24.4 Å². The van der Waals surface area contributed by atoms with Crippen molar-refractivity contribution in [3.8, 4) is 0 Å².